The number of rotatable bonds is 14. The number of aryl methyl sites for hydroxylation is 1. The molecule has 5 aromatic rings. The molecule has 7 rings (SSSR count). The smallest absolute Gasteiger partial charge is 0.241 e. The number of anilines is 1. The van der Waals surface area contributed by atoms with Gasteiger partial charge >= 0.3 is 0 Å². The Morgan fingerprint density at radius 3 is 2.12 bits per heavy atom. The number of benzene rings is 4. The zero-order valence-corrected chi connectivity index (χ0v) is 33.1. The van der Waals surface area contributed by atoms with Gasteiger partial charge in [0.05, 0.1) is 23.7 Å². The van der Waals surface area contributed by atoms with Gasteiger partial charge in [0.1, 0.15) is 6.04 Å². The van der Waals surface area contributed by atoms with Crippen molar-refractivity contribution >= 4 is 21.9 Å². The number of aliphatic hydroxyl groups excluding tert-OH is 1. The van der Waals surface area contributed by atoms with Crippen molar-refractivity contribution in [3.63, 3.8) is 0 Å². The maximum atomic E-state index is 13.6. The normalized spacial score (nSPS) is 20.9. The molecule has 4 aromatic carbocycles. The molecule has 0 spiro atoms. The van der Waals surface area contributed by atoms with E-state index in [0.717, 1.165) is 72.1 Å². The van der Waals surface area contributed by atoms with Gasteiger partial charge in [-0.15, -0.1) is 0 Å². The summed E-state index contributed by atoms with van der Waals surface area (Å²) in [5, 5.41) is 12.6. The van der Waals surface area contributed by atoms with E-state index in [1.165, 1.54) is 12.1 Å². The average molecular weight is 791 g/mol. The van der Waals surface area contributed by atoms with E-state index in [0.29, 0.717) is 0 Å². The number of carbonyl (C=O) groups is 1. The molecule has 0 saturated carbocycles. The Balaban J connectivity index is 1.03. The summed E-state index contributed by atoms with van der Waals surface area (Å²) in [6.07, 6.45) is 2.72. The Labute approximate surface area is 334 Å². The summed E-state index contributed by atoms with van der Waals surface area (Å²) in [7, 11) is -3.96. The molecule has 13 heteroatoms. The highest BCUT2D eigenvalue weighted by Gasteiger charge is 2.39. The van der Waals surface area contributed by atoms with Crippen LogP contribution in [0, 0.1) is 12.8 Å². The van der Waals surface area contributed by atoms with E-state index in [1.54, 1.807) is 24.5 Å². The first-order valence-corrected chi connectivity index (χ1v) is 20.9. The van der Waals surface area contributed by atoms with Crippen molar-refractivity contribution in [3.05, 3.63) is 155 Å². The Morgan fingerprint density at radius 2 is 1.46 bits per heavy atom. The molecule has 0 radical (unpaired) electrons. The van der Waals surface area contributed by atoms with Gasteiger partial charge in [-0.05, 0) is 53.8 Å². The Hall–Kier alpha value is -5.02. The highest BCUT2D eigenvalue weighted by molar-refractivity contribution is 7.89. The van der Waals surface area contributed by atoms with E-state index < -0.39 is 28.3 Å². The Kier molecular flexibility index (Phi) is 13.0. The molecule has 1 amide bonds. The third-order valence-corrected chi connectivity index (χ3v) is 12.2. The van der Waals surface area contributed by atoms with Crippen molar-refractivity contribution in [3.8, 4) is 0 Å². The van der Waals surface area contributed by atoms with E-state index >= 15 is 0 Å². The van der Waals surface area contributed by atoms with Crippen LogP contribution in [-0.2, 0) is 43.9 Å². The number of aromatic nitrogens is 2. The summed E-state index contributed by atoms with van der Waals surface area (Å²) in [4.78, 5) is 27.2. The van der Waals surface area contributed by atoms with Gasteiger partial charge < -0.3 is 24.8 Å². The molecule has 298 valence electrons. The van der Waals surface area contributed by atoms with Gasteiger partial charge in [-0.1, -0.05) is 103 Å². The van der Waals surface area contributed by atoms with Gasteiger partial charge in [0, 0.05) is 63.1 Å². The minimum Gasteiger partial charge on any atom is -0.392 e. The number of carbonyl (C=O) groups excluding carboxylic acids is 1. The first-order valence-electron chi connectivity index (χ1n) is 19.4. The highest BCUT2D eigenvalue weighted by atomic mass is 32.2. The quantitative estimate of drug-likeness (QED) is 0.139. The molecule has 2 saturated heterocycles. The fraction of sp³-hybridized carbons (Fsp3) is 0.341. The van der Waals surface area contributed by atoms with Crippen LogP contribution in [0.5, 0.6) is 0 Å². The van der Waals surface area contributed by atoms with Crippen LogP contribution in [0.2, 0.25) is 0 Å². The number of ether oxygens (including phenoxy) is 2. The maximum Gasteiger partial charge on any atom is 0.241 e. The fourth-order valence-electron chi connectivity index (χ4n) is 7.28. The third-order valence-electron chi connectivity index (χ3n) is 10.7. The van der Waals surface area contributed by atoms with Crippen molar-refractivity contribution in [1.29, 1.82) is 0 Å². The molecule has 5 unspecified atom stereocenters. The van der Waals surface area contributed by atoms with Crippen LogP contribution >= 0.6 is 0 Å². The number of sulfonamides is 1. The summed E-state index contributed by atoms with van der Waals surface area (Å²) >= 11 is 0. The van der Waals surface area contributed by atoms with Crippen molar-refractivity contribution in [1.82, 2.24) is 24.9 Å². The third kappa shape index (κ3) is 10.3. The molecule has 0 aliphatic carbocycles. The van der Waals surface area contributed by atoms with Gasteiger partial charge in [-0.3, -0.25) is 9.69 Å². The Bertz CT molecular complexity index is 2150. The van der Waals surface area contributed by atoms with Gasteiger partial charge in [-0.25, -0.2) is 18.4 Å². The molecule has 3 heterocycles. The van der Waals surface area contributed by atoms with Crippen LogP contribution in [0.15, 0.2) is 126 Å². The topological polar surface area (TPSA) is 146 Å². The molecule has 1 aromatic heterocycles. The number of aliphatic hydroxyl groups is 1. The first-order chi connectivity index (χ1) is 27.6. The van der Waals surface area contributed by atoms with E-state index in [1.807, 2.05) is 91.9 Å². The number of amides is 1. The van der Waals surface area contributed by atoms with Crippen LogP contribution < -0.4 is 14.9 Å². The number of hydrogen-bond donors (Lipinski definition) is 3. The minimum absolute atomic E-state index is 0.0285. The largest absolute Gasteiger partial charge is 0.392 e. The lowest BCUT2D eigenvalue weighted by Crippen LogP contribution is -2.51. The van der Waals surface area contributed by atoms with Crippen LogP contribution in [0.25, 0.3) is 0 Å². The summed E-state index contributed by atoms with van der Waals surface area (Å²) in [6, 6.07) is 32.3. The summed E-state index contributed by atoms with van der Waals surface area (Å²) in [5.41, 5.74) is 5.31. The standard InChI is InChI=1S/C44H50N6O6S/c1-31-9-19-38(20-10-31)57(53,54)48-39(27-33-7-4-3-5-8-33)42(52)47-28-34-11-17-37(18-12-34)43-55-40(32(2)41(56-43)36-15-13-35(30-51)14-16-36)29-49-23-25-50(26-24-49)44-45-21-6-22-46-44/h3-22,32,39-41,43,48,51H,23-30H2,1-2H3,(H,47,52). The molecular formula is C44H50N6O6S. The predicted octanol–water partition coefficient (Wildman–Crippen LogP) is 5.10. The van der Waals surface area contributed by atoms with E-state index in [-0.39, 0.29) is 42.6 Å². The van der Waals surface area contributed by atoms with Gasteiger partial charge in [0.25, 0.3) is 0 Å². The second kappa shape index (κ2) is 18.5. The number of nitrogens with one attached hydrogen (secondary N) is 2. The Morgan fingerprint density at radius 1 is 0.807 bits per heavy atom. The molecule has 3 N–H and O–H groups in total. The monoisotopic (exact) mass is 790 g/mol. The zero-order chi connectivity index (χ0) is 39.8. The molecule has 0 bridgehead atoms. The molecule has 57 heavy (non-hydrogen) atoms. The second-order valence-electron chi connectivity index (χ2n) is 14.8. The lowest BCUT2D eigenvalue weighted by Gasteiger charge is -2.44. The highest BCUT2D eigenvalue weighted by Crippen LogP contribution is 2.42. The minimum atomic E-state index is -3.96. The van der Waals surface area contributed by atoms with E-state index in [2.05, 4.69) is 36.7 Å². The average Bonchev–Trinajstić information content (AvgIpc) is 3.24. The lowest BCUT2D eigenvalue weighted by atomic mass is 9.90. The summed E-state index contributed by atoms with van der Waals surface area (Å²) in [5.74, 6) is 0.358. The summed E-state index contributed by atoms with van der Waals surface area (Å²) < 4.78 is 42.7. The number of nitrogens with zero attached hydrogens (tertiary/aromatic N) is 4. The number of hydrogen-bond acceptors (Lipinski definition) is 10. The van der Waals surface area contributed by atoms with Crippen molar-refractivity contribution < 1.29 is 27.8 Å². The van der Waals surface area contributed by atoms with Crippen LogP contribution in [0.3, 0.4) is 0 Å². The number of piperazine rings is 1. The van der Waals surface area contributed by atoms with Crippen molar-refractivity contribution in [2.75, 3.05) is 37.6 Å². The van der Waals surface area contributed by atoms with Crippen LogP contribution in [0.4, 0.5) is 5.95 Å². The summed E-state index contributed by atoms with van der Waals surface area (Å²) in [6.45, 7) is 8.30. The van der Waals surface area contributed by atoms with Crippen molar-refractivity contribution in [2.24, 2.45) is 5.92 Å². The molecule has 2 aliphatic rings. The molecule has 2 aliphatic heterocycles. The van der Waals surface area contributed by atoms with Crippen molar-refractivity contribution in [2.45, 2.75) is 62.9 Å². The van der Waals surface area contributed by atoms with Crippen LogP contribution in [-0.4, -0.2) is 79.2 Å². The first kappa shape index (κ1) is 40.2. The fourth-order valence-corrected chi connectivity index (χ4v) is 8.48. The maximum absolute atomic E-state index is 13.6. The van der Waals surface area contributed by atoms with E-state index in [9.17, 15) is 18.3 Å². The predicted molar refractivity (Wildman–Crippen MR) is 217 cm³/mol. The lowest BCUT2D eigenvalue weighted by molar-refractivity contribution is -0.276. The van der Waals surface area contributed by atoms with Gasteiger partial charge in [0.2, 0.25) is 21.9 Å². The molecule has 2 fully saturated rings. The van der Waals surface area contributed by atoms with E-state index in [4.69, 9.17) is 9.47 Å². The molecule has 12 nitrogen and oxygen atoms in total. The van der Waals surface area contributed by atoms with Crippen LogP contribution in [0.1, 0.15) is 52.7 Å². The SMILES string of the molecule is Cc1ccc(S(=O)(=O)NC(Cc2ccccc2)C(=O)NCc2ccc(C3OC(CN4CCN(c5ncccn5)CC4)C(C)C(c4ccc(CO)cc4)O3)cc2)cc1. The second-order valence-corrected chi connectivity index (χ2v) is 16.5. The zero-order valence-electron chi connectivity index (χ0n) is 32.3. The molecular weight excluding hydrogens is 741 g/mol. The van der Waals surface area contributed by atoms with Gasteiger partial charge in [-0.2, -0.15) is 4.72 Å². The van der Waals surface area contributed by atoms with Gasteiger partial charge in [0.15, 0.2) is 6.29 Å². The molecule has 5 atom stereocenters.